The highest BCUT2D eigenvalue weighted by Crippen LogP contribution is 2.30. The van der Waals surface area contributed by atoms with Crippen LogP contribution in [0.5, 0.6) is 11.5 Å². The van der Waals surface area contributed by atoms with E-state index in [1.54, 1.807) is 0 Å². The first-order chi connectivity index (χ1) is 12.9. The topological polar surface area (TPSA) is 47.6 Å². The standard InChI is InChI=1S/C22H28BrNO3/c1-5-16(4)17-6-11-21(20(23)12-17)27-14-22(25)24-18-7-9-19(10-8-18)26-13-15(2)3/h6-12,15-16H,5,13-14H2,1-4H3,(H,24,25). The largest absolute Gasteiger partial charge is 0.493 e. The highest BCUT2D eigenvalue weighted by Gasteiger charge is 2.10. The van der Waals surface area contributed by atoms with Gasteiger partial charge in [-0.2, -0.15) is 0 Å². The van der Waals surface area contributed by atoms with E-state index >= 15 is 0 Å². The molecular weight excluding hydrogens is 406 g/mol. The van der Waals surface area contributed by atoms with Gasteiger partial charge in [-0.05, 0) is 76.1 Å². The molecule has 0 bridgehead atoms. The van der Waals surface area contributed by atoms with Crippen molar-refractivity contribution in [3.8, 4) is 11.5 Å². The second kappa shape index (κ2) is 10.4. The molecule has 0 aliphatic heterocycles. The van der Waals surface area contributed by atoms with E-state index in [1.165, 1.54) is 5.56 Å². The minimum absolute atomic E-state index is 0.0487. The maximum atomic E-state index is 12.1. The summed E-state index contributed by atoms with van der Waals surface area (Å²) >= 11 is 3.52. The Bertz CT molecular complexity index is 744. The van der Waals surface area contributed by atoms with Crippen LogP contribution in [0.15, 0.2) is 46.9 Å². The minimum Gasteiger partial charge on any atom is -0.493 e. The Morgan fingerprint density at radius 2 is 1.78 bits per heavy atom. The molecule has 1 amide bonds. The average molecular weight is 434 g/mol. The van der Waals surface area contributed by atoms with Gasteiger partial charge in [0.1, 0.15) is 11.5 Å². The molecule has 0 saturated carbocycles. The van der Waals surface area contributed by atoms with Crippen molar-refractivity contribution in [2.45, 2.75) is 40.0 Å². The first-order valence-corrected chi connectivity index (χ1v) is 10.1. The molecule has 1 N–H and O–H groups in total. The highest BCUT2D eigenvalue weighted by molar-refractivity contribution is 9.10. The zero-order chi connectivity index (χ0) is 19.8. The Labute approximate surface area is 170 Å². The van der Waals surface area contributed by atoms with Crippen LogP contribution in [0, 0.1) is 5.92 Å². The van der Waals surface area contributed by atoms with E-state index < -0.39 is 0 Å². The van der Waals surface area contributed by atoms with E-state index in [-0.39, 0.29) is 12.5 Å². The third kappa shape index (κ3) is 6.90. The van der Waals surface area contributed by atoms with Crippen LogP contribution >= 0.6 is 15.9 Å². The van der Waals surface area contributed by atoms with Gasteiger partial charge >= 0.3 is 0 Å². The molecule has 4 nitrogen and oxygen atoms in total. The van der Waals surface area contributed by atoms with Crippen LogP contribution in [0.2, 0.25) is 0 Å². The Hall–Kier alpha value is -2.01. The van der Waals surface area contributed by atoms with Gasteiger partial charge in [-0.1, -0.05) is 33.8 Å². The summed E-state index contributed by atoms with van der Waals surface area (Å²) in [6, 6.07) is 13.3. The fourth-order valence-electron chi connectivity index (χ4n) is 2.41. The van der Waals surface area contributed by atoms with Gasteiger partial charge in [-0.15, -0.1) is 0 Å². The maximum Gasteiger partial charge on any atom is 0.262 e. The van der Waals surface area contributed by atoms with Crippen LogP contribution in [0.3, 0.4) is 0 Å². The average Bonchev–Trinajstić information content (AvgIpc) is 2.65. The van der Waals surface area contributed by atoms with E-state index in [4.69, 9.17) is 9.47 Å². The molecule has 1 unspecified atom stereocenters. The first-order valence-electron chi connectivity index (χ1n) is 9.34. The van der Waals surface area contributed by atoms with Gasteiger partial charge in [0.25, 0.3) is 5.91 Å². The van der Waals surface area contributed by atoms with E-state index in [0.29, 0.717) is 29.9 Å². The molecule has 0 saturated heterocycles. The number of rotatable bonds is 9. The monoisotopic (exact) mass is 433 g/mol. The van der Waals surface area contributed by atoms with Crippen LogP contribution in [0.25, 0.3) is 0 Å². The van der Waals surface area contributed by atoms with Gasteiger partial charge in [0, 0.05) is 5.69 Å². The Morgan fingerprint density at radius 3 is 2.37 bits per heavy atom. The number of ether oxygens (including phenoxy) is 2. The van der Waals surface area contributed by atoms with Crippen molar-refractivity contribution in [2.75, 3.05) is 18.5 Å². The van der Waals surface area contributed by atoms with Crippen molar-refractivity contribution in [2.24, 2.45) is 5.92 Å². The Kier molecular flexibility index (Phi) is 8.17. The van der Waals surface area contributed by atoms with Crippen LogP contribution in [0.4, 0.5) is 5.69 Å². The lowest BCUT2D eigenvalue weighted by molar-refractivity contribution is -0.118. The molecule has 0 heterocycles. The number of halogens is 1. The van der Waals surface area contributed by atoms with Crippen molar-refractivity contribution in [1.29, 1.82) is 0 Å². The second-order valence-corrected chi connectivity index (χ2v) is 7.92. The minimum atomic E-state index is -0.205. The number of benzene rings is 2. The molecule has 0 fully saturated rings. The third-order valence-electron chi connectivity index (χ3n) is 4.22. The number of anilines is 1. The van der Waals surface area contributed by atoms with Gasteiger partial charge in [-0.25, -0.2) is 0 Å². The molecule has 0 aliphatic carbocycles. The fourth-order valence-corrected chi connectivity index (χ4v) is 2.93. The van der Waals surface area contributed by atoms with Crippen molar-refractivity contribution < 1.29 is 14.3 Å². The summed E-state index contributed by atoms with van der Waals surface area (Å²) in [6.07, 6.45) is 1.08. The fraction of sp³-hybridized carbons (Fsp3) is 0.409. The van der Waals surface area contributed by atoms with Crippen LogP contribution in [-0.4, -0.2) is 19.1 Å². The molecule has 2 aromatic rings. The molecule has 0 aromatic heterocycles. The van der Waals surface area contributed by atoms with Crippen LogP contribution in [0.1, 0.15) is 45.6 Å². The third-order valence-corrected chi connectivity index (χ3v) is 4.84. The Balaban J connectivity index is 1.85. The predicted octanol–water partition coefficient (Wildman–Crippen LogP) is 6.01. The zero-order valence-corrected chi connectivity index (χ0v) is 18.0. The van der Waals surface area contributed by atoms with Gasteiger partial charge < -0.3 is 14.8 Å². The van der Waals surface area contributed by atoms with Crippen molar-refractivity contribution in [3.63, 3.8) is 0 Å². The van der Waals surface area contributed by atoms with Crippen LogP contribution in [-0.2, 0) is 4.79 Å². The number of nitrogens with one attached hydrogen (secondary N) is 1. The van der Waals surface area contributed by atoms with Gasteiger partial charge in [-0.3, -0.25) is 4.79 Å². The summed E-state index contributed by atoms with van der Waals surface area (Å²) in [7, 11) is 0. The number of amides is 1. The molecule has 0 aliphatic rings. The number of carbonyl (C=O) groups excluding carboxylic acids is 1. The SMILES string of the molecule is CCC(C)c1ccc(OCC(=O)Nc2ccc(OCC(C)C)cc2)c(Br)c1. The molecule has 0 radical (unpaired) electrons. The smallest absolute Gasteiger partial charge is 0.262 e. The van der Waals surface area contributed by atoms with E-state index in [2.05, 4.69) is 55.0 Å². The maximum absolute atomic E-state index is 12.1. The molecule has 1 atom stereocenters. The molecule has 2 rings (SSSR count). The lowest BCUT2D eigenvalue weighted by Gasteiger charge is -2.13. The summed E-state index contributed by atoms with van der Waals surface area (Å²) < 4.78 is 12.1. The van der Waals surface area contributed by atoms with Crippen molar-refractivity contribution >= 4 is 27.5 Å². The van der Waals surface area contributed by atoms with E-state index in [9.17, 15) is 4.79 Å². The molecule has 2 aromatic carbocycles. The predicted molar refractivity (Wildman–Crippen MR) is 114 cm³/mol. The summed E-state index contributed by atoms with van der Waals surface area (Å²) in [6.45, 7) is 9.18. The number of hydrogen-bond donors (Lipinski definition) is 1. The molecule has 0 spiro atoms. The summed E-state index contributed by atoms with van der Waals surface area (Å²) in [5.74, 6) is 2.22. The molecule has 5 heteroatoms. The van der Waals surface area contributed by atoms with E-state index in [0.717, 1.165) is 16.6 Å². The summed E-state index contributed by atoms with van der Waals surface area (Å²) in [5, 5.41) is 2.83. The van der Waals surface area contributed by atoms with Crippen molar-refractivity contribution in [3.05, 3.63) is 52.5 Å². The Morgan fingerprint density at radius 1 is 1.07 bits per heavy atom. The lowest BCUT2D eigenvalue weighted by atomic mass is 9.99. The zero-order valence-electron chi connectivity index (χ0n) is 16.4. The first kappa shape index (κ1) is 21.3. The van der Waals surface area contributed by atoms with Crippen LogP contribution < -0.4 is 14.8 Å². The van der Waals surface area contributed by atoms with Crippen molar-refractivity contribution in [1.82, 2.24) is 0 Å². The quantitative estimate of drug-likeness (QED) is 0.526. The summed E-state index contributed by atoms with van der Waals surface area (Å²) in [5.41, 5.74) is 1.97. The lowest BCUT2D eigenvalue weighted by Crippen LogP contribution is -2.20. The normalized spacial score (nSPS) is 11.9. The van der Waals surface area contributed by atoms with Gasteiger partial charge in [0.2, 0.25) is 0 Å². The van der Waals surface area contributed by atoms with E-state index in [1.807, 2.05) is 36.4 Å². The molecule has 146 valence electrons. The second-order valence-electron chi connectivity index (χ2n) is 7.07. The molecular formula is C22H28BrNO3. The number of carbonyl (C=O) groups is 1. The molecule has 27 heavy (non-hydrogen) atoms. The van der Waals surface area contributed by atoms with Gasteiger partial charge in [0.05, 0.1) is 11.1 Å². The van der Waals surface area contributed by atoms with Gasteiger partial charge in [0.15, 0.2) is 6.61 Å². The summed E-state index contributed by atoms with van der Waals surface area (Å²) in [4.78, 5) is 12.1. The highest BCUT2D eigenvalue weighted by atomic mass is 79.9. The number of hydrogen-bond acceptors (Lipinski definition) is 3.